The molecule has 2 aliphatic heterocycles. The Morgan fingerprint density at radius 1 is 1.41 bits per heavy atom. The highest BCUT2D eigenvalue weighted by atomic mass is 16.6. The van der Waals surface area contributed by atoms with E-state index in [9.17, 15) is 9.59 Å². The number of hydrogen-bond acceptors (Lipinski definition) is 6. The fourth-order valence-electron chi connectivity index (χ4n) is 3.47. The number of H-pyrrole nitrogens is 1. The summed E-state index contributed by atoms with van der Waals surface area (Å²) in [4.78, 5) is 25.9. The molecule has 0 aromatic carbocycles. The number of nitrogens with zero attached hydrogens (tertiary/aromatic N) is 2. The van der Waals surface area contributed by atoms with Crippen LogP contribution in [-0.2, 0) is 14.3 Å². The number of likely N-dealkylation sites (tertiary alicyclic amines) is 1. The van der Waals surface area contributed by atoms with E-state index in [0.717, 1.165) is 44.5 Å². The highest BCUT2D eigenvalue weighted by Crippen LogP contribution is 2.35. The van der Waals surface area contributed by atoms with Gasteiger partial charge in [0.1, 0.15) is 18.0 Å². The van der Waals surface area contributed by atoms with E-state index in [-0.39, 0.29) is 36.3 Å². The molecule has 3 aliphatic rings. The first kappa shape index (κ1) is 18.1. The van der Waals surface area contributed by atoms with Gasteiger partial charge in [-0.3, -0.25) is 9.89 Å². The fourth-order valence-corrected chi connectivity index (χ4v) is 3.47. The number of anilines is 1. The Labute approximate surface area is 158 Å². The van der Waals surface area contributed by atoms with Crippen molar-refractivity contribution in [2.75, 3.05) is 31.6 Å². The van der Waals surface area contributed by atoms with Crippen LogP contribution in [0.5, 0.6) is 0 Å². The van der Waals surface area contributed by atoms with Crippen LogP contribution in [0, 0.1) is 0 Å². The topological polar surface area (TPSA) is 109 Å². The fraction of sp³-hybridized carbons (Fsp3) is 0.722. The molecule has 2 amide bonds. The van der Waals surface area contributed by atoms with Crippen molar-refractivity contribution in [3.8, 4) is 0 Å². The van der Waals surface area contributed by atoms with Gasteiger partial charge in [0.15, 0.2) is 0 Å². The van der Waals surface area contributed by atoms with Crippen molar-refractivity contribution in [2.45, 2.75) is 56.8 Å². The zero-order chi connectivity index (χ0) is 18.9. The number of alkyl carbamates (subject to hydrolysis) is 1. The monoisotopic (exact) mass is 377 g/mol. The maximum absolute atomic E-state index is 12.1. The highest BCUT2D eigenvalue weighted by Gasteiger charge is 2.40. The van der Waals surface area contributed by atoms with Crippen LogP contribution in [0.3, 0.4) is 0 Å². The van der Waals surface area contributed by atoms with Crippen molar-refractivity contribution in [1.29, 1.82) is 0 Å². The molecule has 4 rings (SSSR count). The zero-order valence-corrected chi connectivity index (χ0v) is 15.6. The number of hydrogen-bond donors (Lipinski definition) is 3. The maximum atomic E-state index is 12.1. The molecule has 27 heavy (non-hydrogen) atoms. The maximum Gasteiger partial charge on any atom is 0.407 e. The third-order valence-electron chi connectivity index (χ3n) is 5.46. The summed E-state index contributed by atoms with van der Waals surface area (Å²) in [5, 5.41) is 13.1. The van der Waals surface area contributed by atoms with Crippen molar-refractivity contribution in [1.82, 2.24) is 20.4 Å². The average molecular weight is 377 g/mol. The normalized spacial score (nSPS) is 26.0. The molecule has 0 spiro atoms. The summed E-state index contributed by atoms with van der Waals surface area (Å²) < 4.78 is 11.2. The molecular formula is C18H27N5O4. The Morgan fingerprint density at radius 3 is 2.93 bits per heavy atom. The highest BCUT2D eigenvalue weighted by molar-refractivity contribution is 5.80. The first-order valence-electron chi connectivity index (χ1n) is 9.68. The van der Waals surface area contributed by atoms with E-state index in [2.05, 4.69) is 20.8 Å². The zero-order valence-electron chi connectivity index (χ0n) is 15.6. The Bertz CT molecular complexity index is 696. The molecule has 9 nitrogen and oxygen atoms in total. The second-order valence-electron chi connectivity index (χ2n) is 7.92. The van der Waals surface area contributed by atoms with E-state index in [0.29, 0.717) is 18.8 Å². The Hall–Kier alpha value is -2.29. The summed E-state index contributed by atoms with van der Waals surface area (Å²) in [6.07, 6.45) is 3.89. The van der Waals surface area contributed by atoms with Crippen LogP contribution in [0.1, 0.15) is 50.8 Å². The molecule has 3 heterocycles. The molecule has 2 saturated heterocycles. The summed E-state index contributed by atoms with van der Waals surface area (Å²) in [5.41, 5.74) is 0.721. The Balaban J connectivity index is 1.22. The third-order valence-corrected chi connectivity index (χ3v) is 5.46. The predicted molar refractivity (Wildman–Crippen MR) is 97.2 cm³/mol. The van der Waals surface area contributed by atoms with Crippen LogP contribution in [0.4, 0.5) is 10.6 Å². The molecule has 2 atom stereocenters. The summed E-state index contributed by atoms with van der Waals surface area (Å²) in [6.45, 7) is 4.30. The Kier molecular flexibility index (Phi) is 4.94. The summed E-state index contributed by atoms with van der Waals surface area (Å²) in [6, 6.07) is 1.84. The van der Waals surface area contributed by atoms with Gasteiger partial charge >= 0.3 is 6.09 Å². The van der Waals surface area contributed by atoms with Gasteiger partial charge < -0.3 is 25.0 Å². The van der Waals surface area contributed by atoms with Crippen LogP contribution in [0.2, 0.25) is 0 Å². The number of rotatable bonds is 6. The van der Waals surface area contributed by atoms with Crippen LogP contribution in [-0.4, -0.2) is 65.0 Å². The first-order valence-corrected chi connectivity index (χ1v) is 9.68. The third kappa shape index (κ3) is 4.52. The molecule has 0 bridgehead atoms. The summed E-state index contributed by atoms with van der Waals surface area (Å²) in [5.74, 6) is 0.711. The lowest BCUT2D eigenvalue weighted by Crippen LogP contribution is -2.37. The molecule has 3 fully saturated rings. The van der Waals surface area contributed by atoms with Crippen LogP contribution < -0.4 is 10.6 Å². The lowest BCUT2D eigenvalue weighted by Gasteiger charge is -2.15. The molecular weight excluding hydrogens is 350 g/mol. The SMILES string of the molecule is CC1(NC(=O)O[C@@H]2CO[C@H](c3cc(NCC(=O)N4CCCC4)n[nH]3)C2)CC1. The van der Waals surface area contributed by atoms with E-state index in [1.54, 1.807) is 0 Å². The molecule has 1 aromatic rings. The summed E-state index contributed by atoms with van der Waals surface area (Å²) >= 11 is 0. The minimum atomic E-state index is -0.378. The first-order chi connectivity index (χ1) is 13.0. The van der Waals surface area contributed by atoms with Crippen LogP contribution in [0.25, 0.3) is 0 Å². The number of aromatic amines is 1. The van der Waals surface area contributed by atoms with Gasteiger partial charge in [0.05, 0.1) is 18.8 Å². The number of aromatic nitrogens is 2. The molecule has 148 valence electrons. The van der Waals surface area contributed by atoms with Gasteiger partial charge in [-0.05, 0) is 32.6 Å². The van der Waals surface area contributed by atoms with E-state index >= 15 is 0 Å². The lowest BCUT2D eigenvalue weighted by atomic mass is 10.1. The van der Waals surface area contributed by atoms with Crippen molar-refractivity contribution in [3.05, 3.63) is 11.8 Å². The molecule has 1 saturated carbocycles. The van der Waals surface area contributed by atoms with Crippen molar-refractivity contribution >= 4 is 17.8 Å². The number of carbonyl (C=O) groups is 2. The van der Waals surface area contributed by atoms with Gasteiger partial charge in [0.2, 0.25) is 5.91 Å². The van der Waals surface area contributed by atoms with E-state index in [1.165, 1.54) is 0 Å². The van der Waals surface area contributed by atoms with Crippen LogP contribution in [0.15, 0.2) is 6.07 Å². The molecule has 9 heteroatoms. The minimum Gasteiger partial charge on any atom is -0.444 e. The van der Waals surface area contributed by atoms with E-state index in [4.69, 9.17) is 9.47 Å². The van der Waals surface area contributed by atoms with Crippen molar-refractivity contribution in [2.24, 2.45) is 0 Å². The Morgan fingerprint density at radius 2 is 2.19 bits per heavy atom. The smallest absolute Gasteiger partial charge is 0.407 e. The van der Waals surface area contributed by atoms with Gasteiger partial charge in [-0.1, -0.05) is 0 Å². The molecule has 1 aromatic heterocycles. The standard InChI is InChI=1S/C18H27N5O4/c1-18(4-5-18)20-17(25)27-12-8-14(26-11-12)13-9-15(22-21-13)19-10-16(24)23-6-2-3-7-23/h9,12,14H,2-8,10-11H2,1H3,(H,20,25)(H2,19,21,22)/t12-,14-/m0/s1. The van der Waals surface area contributed by atoms with Gasteiger partial charge in [-0.25, -0.2) is 4.79 Å². The van der Waals surface area contributed by atoms with Crippen molar-refractivity contribution < 1.29 is 19.1 Å². The number of nitrogens with one attached hydrogen (secondary N) is 3. The summed E-state index contributed by atoms with van der Waals surface area (Å²) in [7, 11) is 0. The number of ether oxygens (including phenoxy) is 2. The van der Waals surface area contributed by atoms with Gasteiger partial charge in [0, 0.05) is 31.1 Å². The second kappa shape index (κ2) is 7.38. The largest absolute Gasteiger partial charge is 0.444 e. The van der Waals surface area contributed by atoms with Crippen LogP contribution >= 0.6 is 0 Å². The van der Waals surface area contributed by atoms with Gasteiger partial charge in [0.25, 0.3) is 0 Å². The second-order valence-corrected chi connectivity index (χ2v) is 7.92. The lowest BCUT2D eigenvalue weighted by molar-refractivity contribution is -0.128. The predicted octanol–water partition coefficient (Wildman–Crippen LogP) is 1.55. The molecule has 1 aliphatic carbocycles. The van der Waals surface area contributed by atoms with Gasteiger partial charge in [-0.2, -0.15) is 5.10 Å². The number of amides is 2. The molecule has 3 N–H and O–H groups in total. The molecule has 0 radical (unpaired) electrons. The van der Waals surface area contributed by atoms with E-state index in [1.807, 2.05) is 17.9 Å². The number of carbonyl (C=O) groups excluding carboxylic acids is 2. The molecule has 0 unspecified atom stereocenters. The van der Waals surface area contributed by atoms with E-state index < -0.39 is 0 Å². The van der Waals surface area contributed by atoms with Crippen molar-refractivity contribution in [3.63, 3.8) is 0 Å². The average Bonchev–Trinajstić information content (AvgIpc) is 3.16. The quantitative estimate of drug-likeness (QED) is 0.694. The van der Waals surface area contributed by atoms with Gasteiger partial charge in [-0.15, -0.1) is 0 Å². The minimum absolute atomic E-state index is 0.0909.